The van der Waals surface area contributed by atoms with E-state index in [1.54, 1.807) is 6.07 Å². The lowest BCUT2D eigenvalue weighted by molar-refractivity contribution is -0.141. The van der Waals surface area contributed by atoms with Crippen molar-refractivity contribution in [3.8, 4) is 11.5 Å². The molecule has 2 heterocycles. The Kier molecular flexibility index (Phi) is 6.67. The fourth-order valence-corrected chi connectivity index (χ4v) is 6.62. The van der Waals surface area contributed by atoms with E-state index in [1.165, 1.54) is 24.3 Å². The molecule has 3 aliphatic rings. The second-order valence-electron chi connectivity index (χ2n) is 10.7. The molecule has 5 nitrogen and oxygen atoms in total. The van der Waals surface area contributed by atoms with Gasteiger partial charge in [0.1, 0.15) is 17.3 Å². The number of ether oxygens (including phenoxy) is 4. The van der Waals surface area contributed by atoms with Crippen molar-refractivity contribution in [3.05, 3.63) is 99.4 Å². The van der Waals surface area contributed by atoms with Crippen LogP contribution in [-0.2, 0) is 26.3 Å². The predicted octanol–water partition coefficient (Wildman–Crippen LogP) is 6.55. The maximum atomic E-state index is 15.7. The molecule has 1 aliphatic carbocycles. The summed E-state index contributed by atoms with van der Waals surface area (Å²) in [5, 5.41) is 0. The van der Waals surface area contributed by atoms with Crippen LogP contribution in [0.5, 0.6) is 11.5 Å². The summed E-state index contributed by atoms with van der Waals surface area (Å²) in [5.74, 6) is 0.726. The molecule has 3 aromatic rings. The average Bonchev–Trinajstić information content (AvgIpc) is 3.51. The van der Waals surface area contributed by atoms with Crippen molar-refractivity contribution in [1.29, 1.82) is 0 Å². The van der Waals surface area contributed by atoms with Gasteiger partial charge in [0, 0.05) is 28.7 Å². The quantitative estimate of drug-likeness (QED) is 0.340. The Bertz CT molecular complexity index is 1450. The third-order valence-electron chi connectivity index (χ3n) is 8.32. The van der Waals surface area contributed by atoms with Crippen LogP contribution in [0.4, 0.5) is 4.39 Å². The number of hydrogen-bond acceptors (Lipinski definition) is 5. The smallest absolute Gasteiger partial charge is 0.306 e. The molecule has 39 heavy (non-hydrogen) atoms. The lowest BCUT2D eigenvalue weighted by Crippen LogP contribution is -2.35. The standard InChI is InChI=1S/C33H33FO5/c1-20-15-24(22-10-13-37-14-11-22)16-21(2)31(20)33(12-9-23-5-4-6-28(34)32(23)33)39-26-7-8-27-25(17-30(35)36-3)19-38-29(27)18-26/h4-8,10,15-16,18,25H,9,11-14,17,19H2,1-3H3/t25-,33-/m1/s1. The first kappa shape index (κ1) is 25.6. The number of halogens is 1. The molecule has 0 bridgehead atoms. The second kappa shape index (κ2) is 10.2. The Hall–Kier alpha value is -3.64. The molecule has 6 rings (SSSR count). The van der Waals surface area contributed by atoms with Gasteiger partial charge in [-0.15, -0.1) is 0 Å². The number of methoxy groups -OCH3 is 1. The molecule has 0 radical (unpaired) electrons. The van der Waals surface area contributed by atoms with E-state index in [4.69, 9.17) is 18.9 Å². The zero-order valence-electron chi connectivity index (χ0n) is 22.6. The predicted molar refractivity (Wildman–Crippen MR) is 147 cm³/mol. The van der Waals surface area contributed by atoms with E-state index in [1.807, 2.05) is 24.3 Å². The van der Waals surface area contributed by atoms with Crippen LogP contribution in [0, 0.1) is 19.7 Å². The molecule has 0 N–H and O–H groups in total. The van der Waals surface area contributed by atoms with Crippen LogP contribution in [-0.4, -0.2) is 32.9 Å². The maximum Gasteiger partial charge on any atom is 0.306 e. The SMILES string of the molecule is COC(=O)C[C@@H]1COc2cc(O[C@@]3(c4c(C)cc(C5=CCOCC5)cc4C)CCc4cccc(F)c43)ccc21. The topological polar surface area (TPSA) is 54.0 Å². The van der Waals surface area contributed by atoms with Crippen LogP contribution in [0.2, 0.25) is 0 Å². The summed E-state index contributed by atoms with van der Waals surface area (Å²) in [6, 6.07) is 15.4. The number of esters is 1. The van der Waals surface area contributed by atoms with Crippen LogP contribution in [0.15, 0.2) is 54.6 Å². The highest BCUT2D eigenvalue weighted by molar-refractivity contribution is 5.71. The zero-order valence-corrected chi connectivity index (χ0v) is 22.6. The number of carbonyl (C=O) groups excluding carboxylic acids is 1. The highest BCUT2D eigenvalue weighted by Crippen LogP contribution is 2.50. The largest absolute Gasteiger partial charge is 0.492 e. The summed E-state index contributed by atoms with van der Waals surface area (Å²) in [6.07, 6.45) is 4.64. The normalized spacial score (nSPS) is 21.5. The van der Waals surface area contributed by atoms with Gasteiger partial charge in [0.15, 0.2) is 5.60 Å². The fourth-order valence-electron chi connectivity index (χ4n) is 6.62. The van der Waals surface area contributed by atoms with Gasteiger partial charge in [0.2, 0.25) is 0 Å². The van der Waals surface area contributed by atoms with E-state index in [0.29, 0.717) is 36.7 Å². The van der Waals surface area contributed by atoms with Crippen LogP contribution in [0.3, 0.4) is 0 Å². The molecule has 0 spiro atoms. The van der Waals surface area contributed by atoms with Crippen molar-refractivity contribution < 1.29 is 28.1 Å². The Balaban J connectivity index is 1.43. The molecule has 202 valence electrons. The van der Waals surface area contributed by atoms with Crippen LogP contribution < -0.4 is 9.47 Å². The van der Waals surface area contributed by atoms with E-state index in [-0.39, 0.29) is 24.1 Å². The van der Waals surface area contributed by atoms with Crippen molar-refractivity contribution in [2.45, 2.75) is 51.0 Å². The molecular weight excluding hydrogens is 495 g/mol. The average molecular weight is 529 g/mol. The summed E-state index contributed by atoms with van der Waals surface area (Å²) < 4.78 is 38.9. The van der Waals surface area contributed by atoms with E-state index in [2.05, 4.69) is 32.1 Å². The van der Waals surface area contributed by atoms with Crippen molar-refractivity contribution >= 4 is 11.5 Å². The van der Waals surface area contributed by atoms with Gasteiger partial charge in [-0.05, 0) is 73.1 Å². The van der Waals surface area contributed by atoms with Crippen LogP contribution in [0.1, 0.15) is 64.1 Å². The fraction of sp³-hybridized carbons (Fsp3) is 0.364. The summed E-state index contributed by atoms with van der Waals surface area (Å²) in [7, 11) is 1.39. The monoisotopic (exact) mass is 528 g/mol. The molecule has 2 atom stereocenters. The van der Waals surface area contributed by atoms with E-state index < -0.39 is 5.60 Å². The number of rotatable bonds is 6. The minimum absolute atomic E-state index is 0.0587. The molecule has 3 aromatic carbocycles. The van der Waals surface area contributed by atoms with Crippen LogP contribution >= 0.6 is 0 Å². The van der Waals surface area contributed by atoms with Crippen molar-refractivity contribution in [1.82, 2.24) is 0 Å². The van der Waals surface area contributed by atoms with Crippen molar-refractivity contribution in [3.63, 3.8) is 0 Å². The number of aryl methyl sites for hydroxylation is 3. The van der Waals surface area contributed by atoms with E-state index in [9.17, 15) is 4.79 Å². The van der Waals surface area contributed by atoms with Crippen LogP contribution in [0.25, 0.3) is 5.57 Å². The van der Waals surface area contributed by atoms with E-state index >= 15 is 4.39 Å². The Morgan fingerprint density at radius 2 is 1.90 bits per heavy atom. The van der Waals surface area contributed by atoms with Gasteiger partial charge >= 0.3 is 5.97 Å². The molecule has 0 amide bonds. The Morgan fingerprint density at radius 3 is 2.64 bits per heavy atom. The number of carbonyl (C=O) groups is 1. The van der Waals surface area contributed by atoms with E-state index in [0.717, 1.165) is 47.3 Å². The number of benzene rings is 3. The van der Waals surface area contributed by atoms with Gasteiger partial charge in [0.25, 0.3) is 0 Å². The third-order valence-corrected chi connectivity index (χ3v) is 8.32. The molecule has 0 saturated heterocycles. The van der Waals surface area contributed by atoms with Crippen molar-refractivity contribution in [2.24, 2.45) is 0 Å². The minimum Gasteiger partial charge on any atom is -0.492 e. The summed E-state index contributed by atoms with van der Waals surface area (Å²) in [5.41, 5.74) is 7.18. The summed E-state index contributed by atoms with van der Waals surface area (Å²) in [6.45, 7) is 5.95. The first-order valence-corrected chi connectivity index (χ1v) is 13.6. The Morgan fingerprint density at radius 1 is 1.08 bits per heavy atom. The molecule has 0 unspecified atom stereocenters. The first-order chi connectivity index (χ1) is 18.9. The summed E-state index contributed by atoms with van der Waals surface area (Å²) in [4.78, 5) is 11.9. The second-order valence-corrected chi connectivity index (χ2v) is 10.7. The summed E-state index contributed by atoms with van der Waals surface area (Å²) >= 11 is 0. The van der Waals surface area contributed by atoms with Crippen molar-refractivity contribution in [2.75, 3.05) is 26.9 Å². The van der Waals surface area contributed by atoms with Gasteiger partial charge in [-0.1, -0.05) is 36.4 Å². The number of fused-ring (bicyclic) bond motifs is 2. The Labute approximate surface area is 228 Å². The van der Waals surface area contributed by atoms with Gasteiger partial charge in [-0.3, -0.25) is 4.79 Å². The third kappa shape index (κ3) is 4.51. The van der Waals surface area contributed by atoms with Gasteiger partial charge in [0.05, 0.1) is 33.4 Å². The highest BCUT2D eigenvalue weighted by Gasteiger charge is 2.47. The van der Waals surface area contributed by atoms with Gasteiger partial charge in [-0.2, -0.15) is 0 Å². The molecule has 2 aliphatic heterocycles. The lowest BCUT2D eigenvalue weighted by Gasteiger charge is -2.35. The minimum atomic E-state index is -0.976. The first-order valence-electron chi connectivity index (χ1n) is 13.6. The highest BCUT2D eigenvalue weighted by atomic mass is 19.1. The molecule has 0 fully saturated rings. The molecule has 6 heteroatoms. The van der Waals surface area contributed by atoms with Gasteiger partial charge in [-0.25, -0.2) is 4.39 Å². The lowest BCUT2D eigenvalue weighted by atomic mass is 9.80. The molecule has 0 aromatic heterocycles. The molecule has 0 saturated carbocycles. The maximum absolute atomic E-state index is 15.7. The number of hydrogen-bond donors (Lipinski definition) is 0. The zero-order chi connectivity index (χ0) is 27.1. The molecular formula is C33H33FO5. The van der Waals surface area contributed by atoms with Gasteiger partial charge < -0.3 is 18.9 Å².